The van der Waals surface area contributed by atoms with E-state index in [9.17, 15) is 0 Å². The van der Waals surface area contributed by atoms with Crippen LogP contribution in [0.5, 0.6) is 11.5 Å². The lowest BCUT2D eigenvalue weighted by Crippen LogP contribution is -2.08. The van der Waals surface area contributed by atoms with Crippen molar-refractivity contribution in [3.63, 3.8) is 0 Å². The molecule has 2 heterocycles. The molecule has 0 fully saturated rings. The van der Waals surface area contributed by atoms with Gasteiger partial charge in [0, 0.05) is 0 Å². The van der Waals surface area contributed by atoms with Gasteiger partial charge in [-0.2, -0.15) is 0 Å². The average Bonchev–Trinajstić information content (AvgIpc) is 3.01. The zero-order valence-corrected chi connectivity index (χ0v) is 18.6. The predicted molar refractivity (Wildman–Crippen MR) is 114 cm³/mol. The minimum Gasteiger partial charge on any atom is -0.495 e. The van der Waals surface area contributed by atoms with Crippen molar-refractivity contribution >= 4 is 92.9 Å². The van der Waals surface area contributed by atoms with Crippen LogP contribution in [0, 0.1) is 16.5 Å². The molecule has 10 heteroatoms. The molecule has 1 aliphatic heterocycles. The van der Waals surface area contributed by atoms with Crippen molar-refractivity contribution in [1.29, 1.82) is 5.41 Å². The monoisotopic (exact) mass is 589 g/mol. The molecule has 23 heavy (non-hydrogen) atoms. The van der Waals surface area contributed by atoms with Crippen molar-refractivity contribution in [3.05, 3.63) is 27.1 Å². The van der Waals surface area contributed by atoms with Gasteiger partial charge in [0.05, 0.1) is 48.1 Å². The third-order valence-corrected chi connectivity index (χ3v) is 8.06. The van der Waals surface area contributed by atoms with E-state index in [1.807, 2.05) is 0 Å². The molecule has 0 spiro atoms. The lowest BCUT2D eigenvalue weighted by molar-refractivity contribution is 0.397. The number of thiol groups is 1. The summed E-state index contributed by atoms with van der Waals surface area (Å²) < 4.78 is 13.6. The maximum atomic E-state index is 8.29. The predicted octanol–water partition coefficient (Wildman–Crippen LogP) is 4.50. The second kappa shape index (κ2) is 6.61. The van der Waals surface area contributed by atoms with E-state index in [2.05, 4.69) is 67.8 Å². The van der Waals surface area contributed by atoms with Crippen molar-refractivity contribution in [2.45, 2.75) is 5.03 Å². The van der Waals surface area contributed by atoms with Gasteiger partial charge in [-0.1, -0.05) is 0 Å². The number of halogens is 2. The van der Waals surface area contributed by atoms with Crippen LogP contribution in [0.15, 0.2) is 10.0 Å². The minimum atomic E-state index is 0.145. The summed E-state index contributed by atoms with van der Waals surface area (Å²) >= 11 is 15.4. The van der Waals surface area contributed by atoms with Crippen LogP contribution in [-0.4, -0.2) is 30.8 Å². The Morgan fingerprint density at radius 1 is 1.17 bits per heavy atom. The third kappa shape index (κ3) is 2.75. The largest absolute Gasteiger partial charge is 0.495 e. The Hall–Kier alpha value is -0.180. The Morgan fingerprint density at radius 3 is 2.22 bits per heavy atom. The molecule has 2 N–H and O–H groups in total. The summed E-state index contributed by atoms with van der Waals surface area (Å²) in [6.07, 6.45) is 0. The number of benzene rings is 1. The number of aromatic nitrogens is 1. The van der Waals surface area contributed by atoms with Crippen molar-refractivity contribution in [1.82, 2.24) is 4.98 Å². The van der Waals surface area contributed by atoms with E-state index in [1.54, 1.807) is 14.2 Å². The van der Waals surface area contributed by atoms with Crippen molar-refractivity contribution < 1.29 is 9.47 Å². The third-order valence-electron chi connectivity index (χ3n) is 3.25. The highest BCUT2D eigenvalue weighted by molar-refractivity contribution is 14.1. The normalized spacial score (nSPS) is 13.1. The van der Waals surface area contributed by atoms with Crippen LogP contribution in [-0.2, 0) is 0 Å². The van der Waals surface area contributed by atoms with Gasteiger partial charge in [0.15, 0.2) is 9.79 Å². The highest BCUT2D eigenvalue weighted by Gasteiger charge is 2.34. The van der Waals surface area contributed by atoms with Crippen LogP contribution in [0.3, 0.4) is 0 Å². The molecule has 1 aromatic carbocycles. The molecule has 5 nitrogen and oxygen atoms in total. The Kier molecular flexibility index (Phi) is 5.07. The first-order valence-corrected chi connectivity index (χ1v) is 9.97. The Labute approximate surface area is 174 Å². The number of aromatic amines is 1. The topological polar surface area (TPSA) is 70.5 Å². The number of fused-ring (bicyclic) bond motifs is 1. The highest BCUT2D eigenvalue weighted by Crippen LogP contribution is 2.45. The van der Waals surface area contributed by atoms with Crippen LogP contribution in [0.2, 0.25) is 0 Å². The fraction of sp³-hybridized carbons (Fsp3) is 0.154. The summed E-state index contributed by atoms with van der Waals surface area (Å²) in [5.41, 5.74) is 2.02. The van der Waals surface area contributed by atoms with E-state index >= 15 is 0 Å². The SMILES string of the molecule is COc1c(I)c(I)c(OC)c2c1C(=N)N=C2c1sc(=S)[nH]c1S. The summed E-state index contributed by atoms with van der Waals surface area (Å²) in [4.78, 5) is 8.21. The lowest BCUT2D eigenvalue weighted by atomic mass is 10.0. The standard InChI is InChI=1S/C13H9I2N3O2S3/c1-19-8-3-4(9(20-2)6(15)5(8)14)11(16)17-7(3)10-12(21)18-13(22)23-10/h16,21H,1-2H3,(H,18,22). The molecule has 120 valence electrons. The number of methoxy groups -OCH3 is 2. The van der Waals surface area contributed by atoms with Crippen LogP contribution in [0.4, 0.5) is 0 Å². The van der Waals surface area contributed by atoms with Gasteiger partial charge < -0.3 is 14.5 Å². The Morgan fingerprint density at radius 2 is 1.74 bits per heavy atom. The second-order valence-electron chi connectivity index (χ2n) is 4.45. The zero-order valence-electron chi connectivity index (χ0n) is 11.8. The molecule has 0 saturated heterocycles. The van der Waals surface area contributed by atoms with E-state index < -0.39 is 0 Å². The first-order chi connectivity index (χ1) is 10.9. The molecule has 0 bridgehead atoms. The quantitative estimate of drug-likeness (QED) is 0.281. The first-order valence-electron chi connectivity index (χ1n) is 6.14. The molecular formula is C13H9I2N3O2S3. The molecule has 0 amide bonds. The van der Waals surface area contributed by atoms with Crippen molar-refractivity contribution in [2.24, 2.45) is 4.99 Å². The van der Waals surface area contributed by atoms with Crippen LogP contribution in [0.25, 0.3) is 0 Å². The smallest absolute Gasteiger partial charge is 0.159 e. The molecule has 0 atom stereocenters. The molecule has 0 aliphatic carbocycles. The summed E-state index contributed by atoms with van der Waals surface area (Å²) in [6, 6.07) is 0. The summed E-state index contributed by atoms with van der Waals surface area (Å²) in [5, 5.41) is 8.92. The fourth-order valence-electron chi connectivity index (χ4n) is 2.35. The van der Waals surface area contributed by atoms with Gasteiger partial charge >= 0.3 is 0 Å². The molecule has 3 rings (SSSR count). The lowest BCUT2D eigenvalue weighted by Gasteiger charge is -2.16. The number of H-pyrrole nitrogens is 1. The molecule has 0 saturated carbocycles. The average molecular weight is 589 g/mol. The van der Waals surface area contributed by atoms with Gasteiger partial charge in [-0.25, -0.2) is 4.99 Å². The molecule has 0 unspecified atom stereocenters. The maximum Gasteiger partial charge on any atom is 0.159 e. The number of aliphatic imine (C=N–C) groups is 1. The number of nitrogens with zero attached hydrogens (tertiary/aromatic N) is 1. The van der Waals surface area contributed by atoms with E-state index in [1.165, 1.54) is 11.3 Å². The van der Waals surface area contributed by atoms with Gasteiger partial charge in [-0.15, -0.1) is 24.0 Å². The van der Waals surface area contributed by atoms with Crippen molar-refractivity contribution in [2.75, 3.05) is 14.2 Å². The number of nitrogens with one attached hydrogen (secondary N) is 2. The minimum absolute atomic E-state index is 0.145. The van der Waals surface area contributed by atoms with Crippen LogP contribution < -0.4 is 9.47 Å². The maximum absolute atomic E-state index is 8.29. The summed E-state index contributed by atoms with van der Waals surface area (Å²) in [6.45, 7) is 0. The molecule has 0 radical (unpaired) electrons. The van der Waals surface area contributed by atoms with Gasteiger partial charge in [0.1, 0.15) is 11.5 Å². The van der Waals surface area contributed by atoms with E-state index in [4.69, 9.17) is 27.1 Å². The number of hydrogen-bond donors (Lipinski definition) is 3. The first kappa shape index (κ1) is 17.6. The molecular weight excluding hydrogens is 580 g/mol. The number of hydrogen-bond acceptors (Lipinski definition) is 6. The Bertz CT molecular complexity index is 934. The number of ether oxygens (including phenoxy) is 2. The van der Waals surface area contributed by atoms with E-state index in [0.29, 0.717) is 31.8 Å². The van der Waals surface area contributed by atoms with Crippen LogP contribution in [0.1, 0.15) is 16.0 Å². The van der Waals surface area contributed by atoms with Gasteiger partial charge in [-0.3, -0.25) is 5.41 Å². The van der Waals surface area contributed by atoms with Crippen molar-refractivity contribution in [3.8, 4) is 11.5 Å². The van der Waals surface area contributed by atoms with E-state index in [0.717, 1.165) is 17.6 Å². The fourth-order valence-corrected chi connectivity index (χ4v) is 5.41. The molecule has 1 aliphatic rings. The van der Waals surface area contributed by atoms with Gasteiger partial charge in [0.2, 0.25) is 0 Å². The highest BCUT2D eigenvalue weighted by atomic mass is 127. The summed E-state index contributed by atoms with van der Waals surface area (Å²) in [7, 11) is 3.20. The van der Waals surface area contributed by atoms with Gasteiger partial charge in [-0.05, 0) is 57.4 Å². The van der Waals surface area contributed by atoms with Gasteiger partial charge in [0.25, 0.3) is 0 Å². The van der Waals surface area contributed by atoms with E-state index in [-0.39, 0.29) is 5.84 Å². The molecule has 1 aromatic heterocycles. The van der Waals surface area contributed by atoms with Crippen LogP contribution >= 0.6 is 81.4 Å². The number of amidine groups is 1. The summed E-state index contributed by atoms with van der Waals surface area (Å²) in [5.74, 6) is 1.46. The number of thiazole rings is 1. The Balaban J connectivity index is 2.40. The second-order valence-corrected chi connectivity index (χ2v) is 8.74. The number of rotatable bonds is 3. The molecule has 2 aromatic rings. The zero-order chi connectivity index (χ0) is 16.9.